The number of ketones is 1. The second kappa shape index (κ2) is 9.41. The number of aromatic nitrogens is 2. The minimum Gasteiger partial charge on any atom is -0.463 e. The van der Waals surface area contributed by atoms with Crippen molar-refractivity contribution in [2.75, 3.05) is 0 Å². The Morgan fingerprint density at radius 1 is 1.02 bits per heavy atom. The number of esters is 1. The summed E-state index contributed by atoms with van der Waals surface area (Å²) in [5.74, 6) is 1.42. The largest absolute Gasteiger partial charge is 0.463 e. The molecule has 0 unspecified atom stereocenters. The zero-order valence-corrected chi connectivity index (χ0v) is 27.7. The molecule has 0 radical (unpaired) electrons. The van der Waals surface area contributed by atoms with Gasteiger partial charge in [0.25, 0.3) is 0 Å². The van der Waals surface area contributed by atoms with Crippen LogP contribution in [0, 0.1) is 50.2 Å². The highest BCUT2D eigenvalue weighted by Gasteiger charge is 2.69. The second-order valence-electron chi connectivity index (χ2n) is 17.2. The van der Waals surface area contributed by atoms with Crippen LogP contribution in [0.2, 0.25) is 0 Å². The summed E-state index contributed by atoms with van der Waals surface area (Å²) in [7, 11) is 0. The van der Waals surface area contributed by atoms with Gasteiger partial charge in [0.2, 0.25) is 0 Å². The molecule has 0 saturated heterocycles. The number of hydrogen-bond donors (Lipinski definition) is 1. The molecule has 1 heterocycles. The molecule has 42 heavy (non-hydrogen) atoms. The van der Waals surface area contributed by atoms with Crippen LogP contribution in [0.25, 0.3) is 6.08 Å². The topological polar surface area (TPSA) is 72.0 Å². The minimum atomic E-state index is -0.402. The molecule has 5 aliphatic carbocycles. The monoisotopic (exact) mass is 574 g/mol. The molecule has 0 amide bonds. The number of fused-ring (bicyclic) bond motifs is 7. The van der Waals surface area contributed by atoms with Gasteiger partial charge in [-0.2, -0.15) is 0 Å². The number of rotatable bonds is 3. The van der Waals surface area contributed by atoms with E-state index in [0.29, 0.717) is 17.6 Å². The molecule has 4 fully saturated rings. The molecule has 5 aliphatic rings. The fraction of sp³-hybridized carbons (Fsp3) is 0.757. The molecule has 4 saturated carbocycles. The minimum absolute atomic E-state index is 0.0122. The van der Waals surface area contributed by atoms with E-state index in [1.54, 1.807) is 11.9 Å². The molecule has 0 aromatic carbocycles. The van der Waals surface area contributed by atoms with Gasteiger partial charge < -0.3 is 9.72 Å². The van der Waals surface area contributed by atoms with Crippen LogP contribution in [0.3, 0.4) is 0 Å². The van der Waals surface area contributed by atoms with Gasteiger partial charge in [0, 0.05) is 5.41 Å². The van der Waals surface area contributed by atoms with Crippen molar-refractivity contribution in [2.24, 2.45) is 50.2 Å². The summed E-state index contributed by atoms with van der Waals surface area (Å²) >= 11 is 0. The summed E-state index contributed by atoms with van der Waals surface area (Å²) in [6, 6.07) is 0. The van der Waals surface area contributed by atoms with Gasteiger partial charge in [-0.1, -0.05) is 60.1 Å². The van der Waals surface area contributed by atoms with Crippen LogP contribution >= 0.6 is 0 Å². The third-order valence-electron chi connectivity index (χ3n) is 13.8. The van der Waals surface area contributed by atoms with Crippen LogP contribution in [-0.4, -0.2) is 27.8 Å². The van der Waals surface area contributed by atoms with E-state index in [1.165, 1.54) is 0 Å². The molecule has 1 N–H and O–H groups in total. The first kappa shape index (κ1) is 29.9. The third kappa shape index (κ3) is 4.03. The molecule has 1 aromatic heterocycles. The zero-order chi connectivity index (χ0) is 30.5. The molecule has 0 bridgehead atoms. The maximum Gasteiger partial charge on any atom is 0.312 e. The van der Waals surface area contributed by atoms with Crippen LogP contribution in [0.15, 0.2) is 29.7 Å². The van der Waals surface area contributed by atoms with Crippen LogP contribution in [-0.2, 0) is 14.3 Å². The fourth-order valence-corrected chi connectivity index (χ4v) is 11.5. The van der Waals surface area contributed by atoms with E-state index in [0.717, 1.165) is 69.1 Å². The van der Waals surface area contributed by atoms with Crippen molar-refractivity contribution in [3.05, 3.63) is 35.4 Å². The van der Waals surface area contributed by atoms with Crippen molar-refractivity contribution in [3.8, 4) is 0 Å². The number of carbonyl (C=O) groups excluding carboxylic acids is 2. The summed E-state index contributed by atoms with van der Waals surface area (Å²) in [6.45, 7) is 20.8. The Morgan fingerprint density at radius 3 is 2.40 bits per heavy atom. The molecule has 0 aliphatic heterocycles. The fourth-order valence-electron chi connectivity index (χ4n) is 11.5. The van der Waals surface area contributed by atoms with Gasteiger partial charge in [-0.25, -0.2) is 4.98 Å². The van der Waals surface area contributed by atoms with Gasteiger partial charge in [0.1, 0.15) is 0 Å². The standard InChI is InChI=1S/C37H54N2O3/c1-23(2)42-31(41)37-16-14-32(3,4)20-27(37)26-10-11-29-34(7)19-24(18-25-21-38-22-39-25)30(40)33(5,6)28(34)12-13-36(29,9)35(26,8)15-17-37/h10,18,21-23,27-29H,11-17,19-20H2,1-9H3,(H,38,39)/b24-18-/t27-,28-,29+,34-,35+,36+,37-/m0/s1. The number of nitrogens with zero attached hydrogens (tertiary/aromatic N) is 1. The van der Waals surface area contributed by atoms with Crippen LogP contribution in [0.5, 0.6) is 0 Å². The Kier molecular flexibility index (Phi) is 6.70. The lowest BCUT2D eigenvalue weighted by atomic mass is 9.33. The van der Waals surface area contributed by atoms with E-state index >= 15 is 0 Å². The van der Waals surface area contributed by atoms with Gasteiger partial charge in [-0.15, -0.1) is 0 Å². The summed E-state index contributed by atoms with van der Waals surface area (Å²) in [6.07, 6.45) is 17.2. The van der Waals surface area contributed by atoms with Crippen LogP contribution in [0.4, 0.5) is 0 Å². The number of carbonyl (C=O) groups is 2. The molecule has 1 aromatic rings. The number of nitrogens with one attached hydrogen (secondary N) is 1. The second-order valence-corrected chi connectivity index (χ2v) is 17.2. The zero-order valence-electron chi connectivity index (χ0n) is 27.7. The predicted molar refractivity (Wildman–Crippen MR) is 167 cm³/mol. The van der Waals surface area contributed by atoms with Crippen LogP contribution < -0.4 is 0 Å². The van der Waals surface area contributed by atoms with Crippen molar-refractivity contribution in [1.82, 2.24) is 9.97 Å². The van der Waals surface area contributed by atoms with Crippen LogP contribution in [0.1, 0.15) is 126 Å². The Labute approximate surface area is 253 Å². The van der Waals surface area contributed by atoms with Gasteiger partial charge in [0.15, 0.2) is 5.78 Å². The molecule has 0 spiro atoms. The Balaban J connectivity index is 1.44. The first-order chi connectivity index (χ1) is 19.5. The lowest BCUT2D eigenvalue weighted by Crippen LogP contribution is -2.65. The Morgan fingerprint density at radius 2 is 1.74 bits per heavy atom. The molecule has 6 rings (SSSR count). The summed E-state index contributed by atoms with van der Waals surface area (Å²) < 4.78 is 6.03. The Hall–Kier alpha value is -2.17. The molecule has 230 valence electrons. The molecule has 7 atom stereocenters. The predicted octanol–water partition coefficient (Wildman–Crippen LogP) is 8.73. The number of ether oxygens (including phenoxy) is 1. The maximum absolute atomic E-state index is 13.9. The summed E-state index contributed by atoms with van der Waals surface area (Å²) in [4.78, 5) is 35.3. The van der Waals surface area contributed by atoms with Crippen molar-refractivity contribution in [2.45, 2.75) is 126 Å². The van der Waals surface area contributed by atoms with Crippen molar-refractivity contribution < 1.29 is 14.3 Å². The van der Waals surface area contributed by atoms with E-state index in [2.05, 4.69) is 70.6 Å². The first-order valence-electron chi connectivity index (χ1n) is 16.7. The molecular weight excluding hydrogens is 520 g/mol. The normalized spacial score (nSPS) is 43.1. The lowest BCUT2D eigenvalue weighted by Gasteiger charge is -2.70. The number of Topliss-reactive ketones (excluding diaryl/α,β-unsaturated/α-hetero) is 1. The van der Waals surface area contributed by atoms with Gasteiger partial charge in [-0.05, 0) is 123 Å². The number of hydrogen-bond acceptors (Lipinski definition) is 4. The van der Waals surface area contributed by atoms with E-state index < -0.39 is 10.8 Å². The summed E-state index contributed by atoms with van der Waals surface area (Å²) in [5, 5.41) is 0. The van der Waals surface area contributed by atoms with Crippen molar-refractivity contribution in [3.63, 3.8) is 0 Å². The first-order valence-corrected chi connectivity index (χ1v) is 16.7. The van der Waals surface area contributed by atoms with E-state index in [1.807, 2.05) is 20.0 Å². The quantitative estimate of drug-likeness (QED) is 0.223. The smallest absolute Gasteiger partial charge is 0.312 e. The van der Waals surface area contributed by atoms with Gasteiger partial charge >= 0.3 is 5.97 Å². The van der Waals surface area contributed by atoms with E-state index in [4.69, 9.17) is 4.74 Å². The van der Waals surface area contributed by atoms with Crippen molar-refractivity contribution in [1.29, 1.82) is 0 Å². The highest BCUT2D eigenvalue weighted by molar-refractivity contribution is 6.04. The SMILES string of the molecule is CC(C)OC(=O)[C@]12CCC(C)(C)C[C@H]1C1=CC[C@@H]3[C@@]4(C)C/C(=C/c5cnc[nH]5)C(=O)C(C)(C)[C@@H]4CC[C@@]3(C)[C@]1(C)CC2. The average molecular weight is 575 g/mol. The number of aromatic amines is 1. The molecule has 5 heteroatoms. The van der Waals surface area contributed by atoms with E-state index in [9.17, 15) is 9.59 Å². The molecular formula is C37H54N2O3. The molecule has 5 nitrogen and oxygen atoms in total. The lowest BCUT2D eigenvalue weighted by molar-refractivity contribution is -0.188. The van der Waals surface area contributed by atoms with Gasteiger partial charge in [-0.3, -0.25) is 9.59 Å². The summed E-state index contributed by atoms with van der Waals surface area (Å²) in [5.41, 5.74) is 2.98. The van der Waals surface area contributed by atoms with Crippen molar-refractivity contribution >= 4 is 17.8 Å². The van der Waals surface area contributed by atoms with Gasteiger partial charge in [0.05, 0.1) is 29.7 Å². The third-order valence-corrected chi connectivity index (χ3v) is 13.8. The van der Waals surface area contributed by atoms with E-state index in [-0.39, 0.29) is 39.7 Å². The number of imidazole rings is 1. The number of H-pyrrole nitrogens is 1. The Bertz CT molecular complexity index is 1330. The average Bonchev–Trinajstić information content (AvgIpc) is 3.40. The maximum atomic E-state index is 13.9. The number of allylic oxidation sites excluding steroid dienone is 3. The highest BCUT2D eigenvalue weighted by atomic mass is 16.5. The highest BCUT2D eigenvalue weighted by Crippen LogP contribution is 2.76.